The molecule has 1 aromatic rings. The number of benzene rings is 1. The maximum Gasteiger partial charge on any atom is 0.227 e. The van der Waals surface area contributed by atoms with Crippen molar-refractivity contribution in [3.05, 3.63) is 35.6 Å². The topological polar surface area (TPSA) is 20.3 Å². The molecular weight excluding hydrogens is 253 g/mol. The molecule has 2 nitrogen and oxygen atoms in total. The Kier molecular flexibility index (Phi) is 4.23. The summed E-state index contributed by atoms with van der Waals surface area (Å²) in [5, 5.41) is 0. The van der Waals surface area contributed by atoms with E-state index in [2.05, 4.69) is 0 Å². The highest BCUT2D eigenvalue weighted by Crippen LogP contribution is 2.30. The fourth-order valence-corrected chi connectivity index (χ4v) is 2.09. The van der Waals surface area contributed by atoms with Crippen LogP contribution in [0.15, 0.2) is 24.3 Å². The third-order valence-electron chi connectivity index (χ3n) is 3.17. The molecule has 0 aromatic heterocycles. The van der Waals surface area contributed by atoms with Crippen molar-refractivity contribution in [3.8, 4) is 0 Å². The third kappa shape index (κ3) is 3.22. The molecule has 1 aliphatic rings. The number of rotatable bonds is 5. The lowest BCUT2D eigenvalue weighted by Crippen LogP contribution is -2.37. The lowest BCUT2D eigenvalue weighted by Gasteiger charge is -2.25. The molecule has 1 amide bonds. The van der Waals surface area contributed by atoms with Crippen LogP contribution < -0.4 is 0 Å². The predicted molar refractivity (Wildman–Crippen MR) is 69.9 cm³/mol. The lowest BCUT2D eigenvalue weighted by atomic mass is 10.1. The average Bonchev–Trinajstić information content (AvgIpc) is 3.18. The van der Waals surface area contributed by atoms with Crippen molar-refractivity contribution in [2.75, 3.05) is 5.88 Å². The number of halogens is 2. The van der Waals surface area contributed by atoms with Gasteiger partial charge in [-0.25, -0.2) is 4.39 Å². The van der Waals surface area contributed by atoms with Gasteiger partial charge in [0.1, 0.15) is 5.82 Å². The number of carbonyl (C=O) groups is 1. The summed E-state index contributed by atoms with van der Waals surface area (Å²) in [7, 11) is 0. The molecule has 0 spiro atoms. The summed E-state index contributed by atoms with van der Waals surface area (Å²) < 4.78 is 13.1. The van der Waals surface area contributed by atoms with Crippen LogP contribution in [0, 0.1) is 11.7 Å². The van der Waals surface area contributed by atoms with Gasteiger partial charge in [-0.1, -0.05) is 19.1 Å². The standard InChI is InChI=1S/C14H17ClFNO/c1-10(8-15)14(18)17(13-5-6-13)9-11-3-2-4-12(16)7-11/h2-4,7,10,13H,5-6,8-9H2,1H3. The van der Waals surface area contributed by atoms with E-state index in [1.165, 1.54) is 12.1 Å². The Hall–Kier alpha value is -1.09. The first kappa shape index (κ1) is 13.3. The molecule has 1 saturated carbocycles. The number of carbonyl (C=O) groups excluding carboxylic acids is 1. The van der Waals surface area contributed by atoms with Crippen LogP contribution in [-0.4, -0.2) is 22.7 Å². The first-order valence-corrected chi connectivity index (χ1v) is 6.76. The van der Waals surface area contributed by atoms with Crippen molar-refractivity contribution in [3.63, 3.8) is 0 Å². The van der Waals surface area contributed by atoms with Crippen LogP contribution >= 0.6 is 11.6 Å². The van der Waals surface area contributed by atoms with Gasteiger partial charge in [0.2, 0.25) is 5.91 Å². The van der Waals surface area contributed by atoms with Crippen LogP contribution in [0.1, 0.15) is 25.3 Å². The summed E-state index contributed by atoms with van der Waals surface area (Å²) in [6.45, 7) is 2.30. The fraction of sp³-hybridized carbons (Fsp3) is 0.500. The minimum absolute atomic E-state index is 0.0664. The molecule has 1 atom stereocenters. The van der Waals surface area contributed by atoms with Gasteiger partial charge >= 0.3 is 0 Å². The van der Waals surface area contributed by atoms with Crippen LogP contribution in [0.25, 0.3) is 0 Å². The van der Waals surface area contributed by atoms with Crippen molar-refractivity contribution >= 4 is 17.5 Å². The highest BCUT2D eigenvalue weighted by molar-refractivity contribution is 6.19. The van der Waals surface area contributed by atoms with Crippen LogP contribution in [0.3, 0.4) is 0 Å². The minimum Gasteiger partial charge on any atom is -0.335 e. The number of amides is 1. The molecule has 1 aromatic carbocycles. The molecule has 98 valence electrons. The smallest absolute Gasteiger partial charge is 0.227 e. The first-order chi connectivity index (χ1) is 8.61. The molecular formula is C14H17ClFNO. The average molecular weight is 270 g/mol. The Morgan fingerprint density at radius 1 is 1.56 bits per heavy atom. The van der Waals surface area contributed by atoms with E-state index in [0.717, 1.165) is 18.4 Å². The number of hydrogen-bond acceptors (Lipinski definition) is 1. The van der Waals surface area contributed by atoms with E-state index >= 15 is 0 Å². The molecule has 1 aliphatic carbocycles. The van der Waals surface area contributed by atoms with Crippen molar-refractivity contribution in [1.82, 2.24) is 4.90 Å². The summed E-state index contributed by atoms with van der Waals surface area (Å²) in [5.74, 6) is -0.0516. The van der Waals surface area contributed by atoms with Gasteiger partial charge in [0.15, 0.2) is 0 Å². The molecule has 1 fully saturated rings. The molecule has 0 saturated heterocycles. The molecule has 0 bridgehead atoms. The Labute approximate surface area is 112 Å². The largest absolute Gasteiger partial charge is 0.335 e. The molecule has 1 unspecified atom stereocenters. The monoisotopic (exact) mass is 269 g/mol. The molecule has 2 rings (SSSR count). The second kappa shape index (κ2) is 5.70. The van der Waals surface area contributed by atoms with Gasteiger partial charge < -0.3 is 4.90 Å². The highest BCUT2D eigenvalue weighted by atomic mass is 35.5. The molecule has 4 heteroatoms. The first-order valence-electron chi connectivity index (χ1n) is 6.22. The molecule has 0 radical (unpaired) electrons. The van der Waals surface area contributed by atoms with Gasteiger partial charge in [-0.05, 0) is 30.5 Å². The van der Waals surface area contributed by atoms with Crippen molar-refractivity contribution in [1.29, 1.82) is 0 Å². The predicted octanol–water partition coefficient (Wildman–Crippen LogP) is 3.19. The normalized spacial score (nSPS) is 16.4. The van der Waals surface area contributed by atoms with Gasteiger partial charge in [0, 0.05) is 24.4 Å². The summed E-state index contributed by atoms with van der Waals surface area (Å²) in [6.07, 6.45) is 2.08. The maximum absolute atomic E-state index is 13.1. The second-order valence-electron chi connectivity index (χ2n) is 4.88. The van der Waals surface area contributed by atoms with E-state index in [1.54, 1.807) is 6.07 Å². The van der Waals surface area contributed by atoms with E-state index in [0.29, 0.717) is 18.5 Å². The minimum atomic E-state index is -0.263. The third-order valence-corrected chi connectivity index (χ3v) is 3.63. The van der Waals surface area contributed by atoms with E-state index in [4.69, 9.17) is 11.6 Å². The van der Waals surface area contributed by atoms with Crippen LogP contribution in [0.5, 0.6) is 0 Å². The number of nitrogens with zero attached hydrogens (tertiary/aromatic N) is 1. The Bertz CT molecular complexity index is 434. The SMILES string of the molecule is CC(CCl)C(=O)N(Cc1cccc(F)c1)C1CC1. The van der Waals surface area contributed by atoms with Crippen molar-refractivity contribution < 1.29 is 9.18 Å². The summed E-state index contributed by atoms with van der Waals surface area (Å²) in [5.41, 5.74) is 0.831. The van der Waals surface area contributed by atoms with Gasteiger partial charge in [0.05, 0.1) is 0 Å². The zero-order chi connectivity index (χ0) is 13.1. The summed E-state index contributed by atoms with van der Waals surface area (Å²) in [4.78, 5) is 14.0. The number of alkyl halides is 1. The molecule has 0 heterocycles. The summed E-state index contributed by atoms with van der Waals surface area (Å²) >= 11 is 5.74. The van der Waals surface area contributed by atoms with Gasteiger partial charge in [0.25, 0.3) is 0 Å². The van der Waals surface area contributed by atoms with E-state index in [9.17, 15) is 9.18 Å². The van der Waals surface area contributed by atoms with Gasteiger partial charge in [-0.3, -0.25) is 4.79 Å². The van der Waals surface area contributed by atoms with E-state index < -0.39 is 0 Å². The fourth-order valence-electron chi connectivity index (χ4n) is 1.95. The Morgan fingerprint density at radius 2 is 2.28 bits per heavy atom. The molecule has 0 N–H and O–H groups in total. The van der Waals surface area contributed by atoms with Crippen LogP contribution in [-0.2, 0) is 11.3 Å². The van der Waals surface area contributed by atoms with Crippen LogP contribution in [0.2, 0.25) is 0 Å². The maximum atomic E-state index is 13.1. The van der Waals surface area contributed by atoms with E-state index in [-0.39, 0.29) is 17.6 Å². The molecule has 0 aliphatic heterocycles. The van der Waals surface area contributed by atoms with E-state index in [1.807, 2.05) is 17.9 Å². The Balaban J connectivity index is 2.09. The second-order valence-corrected chi connectivity index (χ2v) is 5.19. The highest BCUT2D eigenvalue weighted by Gasteiger charge is 2.34. The molecule has 18 heavy (non-hydrogen) atoms. The van der Waals surface area contributed by atoms with Crippen molar-refractivity contribution in [2.45, 2.75) is 32.4 Å². The lowest BCUT2D eigenvalue weighted by molar-refractivity contribution is -0.135. The Morgan fingerprint density at radius 3 is 2.83 bits per heavy atom. The van der Waals surface area contributed by atoms with Crippen molar-refractivity contribution in [2.24, 2.45) is 5.92 Å². The zero-order valence-electron chi connectivity index (χ0n) is 10.4. The van der Waals surface area contributed by atoms with Gasteiger partial charge in [-0.2, -0.15) is 0 Å². The number of hydrogen-bond donors (Lipinski definition) is 0. The summed E-state index contributed by atoms with van der Waals surface area (Å²) in [6, 6.07) is 6.72. The quantitative estimate of drug-likeness (QED) is 0.752. The zero-order valence-corrected chi connectivity index (χ0v) is 11.2. The van der Waals surface area contributed by atoms with Gasteiger partial charge in [-0.15, -0.1) is 11.6 Å². The van der Waals surface area contributed by atoms with Crippen LogP contribution in [0.4, 0.5) is 4.39 Å².